The number of amides is 2. The number of hydrogen-bond donors (Lipinski definition) is 3. The summed E-state index contributed by atoms with van der Waals surface area (Å²) in [6.45, 7) is 1.37. The van der Waals surface area contributed by atoms with E-state index in [-0.39, 0.29) is 5.91 Å². The van der Waals surface area contributed by atoms with Crippen LogP contribution in [0.15, 0.2) is 0 Å². The second kappa shape index (κ2) is 4.08. The van der Waals surface area contributed by atoms with Crippen molar-refractivity contribution < 1.29 is 19.5 Å². The summed E-state index contributed by atoms with van der Waals surface area (Å²) in [6.07, 6.45) is 0.747. The lowest BCUT2D eigenvalue weighted by molar-refractivity contribution is -0.141. The number of carboxylic acid groups (broad SMARTS) is 1. The summed E-state index contributed by atoms with van der Waals surface area (Å²) in [4.78, 5) is 32.5. The zero-order valence-electron chi connectivity index (χ0n) is 7.74. The van der Waals surface area contributed by atoms with E-state index < -0.39 is 24.0 Å². The fourth-order valence-corrected chi connectivity index (χ4v) is 1.19. The van der Waals surface area contributed by atoms with Crippen LogP contribution < -0.4 is 10.6 Å². The van der Waals surface area contributed by atoms with E-state index in [0.29, 0.717) is 12.8 Å². The monoisotopic (exact) mass is 200 g/mol. The molecule has 1 rings (SSSR count). The van der Waals surface area contributed by atoms with Crippen LogP contribution in [0.25, 0.3) is 0 Å². The topological polar surface area (TPSA) is 95.5 Å². The van der Waals surface area contributed by atoms with Gasteiger partial charge in [-0.05, 0) is 13.3 Å². The Morgan fingerprint density at radius 2 is 2.29 bits per heavy atom. The third-order valence-corrected chi connectivity index (χ3v) is 2.04. The Balaban J connectivity index is 2.42. The molecule has 1 heterocycles. The van der Waals surface area contributed by atoms with Gasteiger partial charge in [-0.25, -0.2) is 0 Å². The van der Waals surface area contributed by atoms with Crippen LogP contribution in [0.1, 0.15) is 19.8 Å². The summed E-state index contributed by atoms with van der Waals surface area (Å²) in [7, 11) is 0. The quantitative estimate of drug-likeness (QED) is 0.536. The second-order valence-corrected chi connectivity index (χ2v) is 3.23. The van der Waals surface area contributed by atoms with Gasteiger partial charge in [-0.15, -0.1) is 0 Å². The van der Waals surface area contributed by atoms with Crippen molar-refractivity contribution in [3.8, 4) is 0 Å². The van der Waals surface area contributed by atoms with Crippen molar-refractivity contribution in [1.29, 1.82) is 0 Å². The van der Waals surface area contributed by atoms with Crippen molar-refractivity contribution >= 4 is 17.8 Å². The minimum absolute atomic E-state index is 0.173. The Morgan fingerprint density at radius 1 is 1.64 bits per heavy atom. The van der Waals surface area contributed by atoms with Crippen LogP contribution in [0.3, 0.4) is 0 Å². The molecule has 0 aliphatic carbocycles. The van der Waals surface area contributed by atoms with Gasteiger partial charge >= 0.3 is 5.97 Å². The van der Waals surface area contributed by atoms with E-state index in [0.717, 1.165) is 0 Å². The minimum Gasteiger partial charge on any atom is -0.480 e. The van der Waals surface area contributed by atoms with Crippen LogP contribution in [0.5, 0.6) is 0 Å². The lowest BCUT2D eigenvalue weighted by Crippen LogP contribution is -2.47. The average Bonchev–Trinajstić information content (AvgIpc) is 2.51. The SMILES string of the molecule is C[C@@H](NC(=O)C1CCC(=O)N1)C(=O)O. The average molecular weight is 200 g/mol. The molecular weight excluding hydrogens is 188 g/mol. The van der Waals surface area contributed by atoms with E-state index in [1.165, 1.54) is 6.92 Å². The molecule has 0 bridgehead atoms. The zero-order chi connectivity index (χ0) is 10.7. The molecule has 3 N–H and O–H groups in total. The molecule has 1 unspecified atom stereocenters. The number of hydrogen-bond acceptors (Lipinski definition) is 3. The number of nitrogens with one attached hydrogen (secondary N) is 2. The predicted octanol–water partition coefficient (Wildman–Crippen LogP) is -1.15. The van der Waals surface area contributed by atoms with Crippen molar-refractivity contribution in [1.82, 2.24) is 10.6 Å². The van der Waals surface area contributed by atoms with Crippen LogP contribution in [-0.4, -0.2) is 35.0 Å². The van der Waals surface area contributed by atoms with E-state index in [1.54, 1.807) is 0 Å². The highest BCUT2D eigenvalue weighted by atomic mass is 16.4. The number of carboxylic acids is 1. The fourth-order valence-electron chi connectivity index (χ4n) is 1.19. The first kappa shape index (κ1) is 10.5. The van der Waals surface area contributed by atoms with E-state index in [9.17, 15) is 14.4 Å². The van der Waals surface area contributed by atoms with E-state index in [4.69, 9.17) is 5.11 Å². The van der Waals surface area contributed by atoms with E-state index in [2.05, 4.69) is 10.6 Å². The molecule has 6 nitrogen and oxygen atoms in total. The first-order valence-electron chi connectivity index (χ1n) is 4.33. The molecule has 2 atom stereocenters. The third kappa shape index (κ3) is 2.45. The van der Waals surface area contributed by atoms with Gasteiger partial charge < -0.3 is 15.7 Å². The highest BCUT2D eigenvalue weighted by Gasteiger charge is 2.28. The number of aliphatic carboxylic acids is 1. The van der Waals surface area contributed by atoms with Crippen LogP contribution >= 0.6 is 0 Å². The highest BCUT2D eigenvalue weighted by molar-refractivity contribution is 5.92. The Kier molecular flexibility index (Phi) is 3.06. The van der Waals surface area contributed by atoms with E-state index >= 15 is 0 Å². The van der Waals surface area contributed by atoms with Gasteiger partial charge in [0.1, 0.15) is 12.1 Å². The molecule has 2 amide bonds. The molecule has 0 radical (unpaired) electrons. The van der Waals surface area contributed by atoms with Crippen LogP contribution in [0.4, 0.5) is 0 Å². The lowest BCUT2D eigenvalue weighted by atomic mass is 10.2. The molecule has 1 fully saturated rings. The maximum atomic E-state index is 11.3. The molecule has 1 aliphatic rings. The van der Waals surface area contributed by atoms with Gasteiger partial charge in [-0.1, -0.05) is 0 Å². The first-order valence-corrected chi connectivity index (χ1v) is 4.33. The molecule has 0 spiro atoms. The number of rotatable bonds is 3. The smallest absolute Gasteiger partial charge is 0.325 e. The van der Waals surface area contributed by atoms with Crippen LogP contribution in [0, 0.1) is 0 Å². The maximum absolute atomic E-state index is 11.3. The standard InChI is InChI=1S/C8H12N2O4/c1-4(8(13)14)9-7(12)5-2-3-6(11)10-5/h4-5H,2-3H2,1H3,(H,9,12)(H,10,11)(H,13,14)/t4-,5?/m1/s1. The molecule has 0 aromatic carbocycles. The van der Waals surface area contributed by atoms with Gasteiger partial charge in [0.2, 0.25) is 11.8 Å². The fraction of sp³-hybridized carbons (Fsp3) is 0.625. The van der Waals surface area contributed by atoms with Crippen molar-refractivity contribution in [2.45, 2.75) is 31.8 Å². The molecule has 14 heavy (non-hydrogen) atoms. The predicted molar refractivity (Wildman–Crippen MR) is 46.4 cm³/mol. The molecular formula is C8H12N2O4. The lowest BCUT2D eigenvalue weighted by Gasteiger charge is -2.13. The van der Waals surface area contributed by atoms with Gasteiger partial charge in [0, 0.05) is 6.42 Å². The summed E-state index contributed by atoms with van der Waals surface area (Å²) in [5.74, 6) is -1.71. The van der Waals surface area contributed by atoms with Crippen LogP contribution in [-0.2, 0) is 14.4 Å². The molecule has 0 aromatic rings. The number of carbonyl (C=O) groups excluding carboxylic acids is 2. The summed E-state index contributed by atoms with van der Waals surface area (Å²) < 4.78 is 0. The van der Waals surface area contributed by atoms with Gasteiger partial charge in [0.15, 0.2) is 0 Å². The van der Waals surface area contributed by atoms with Gasteiger partial charge in [-0.3, -0.25) is 14.4 Å². The second-order valence-electron chi connectivity index (χ2n) is 3.23. The minimum atomic E-state index is -1.09. The molecule has 1 aliphatic heterocycles. The highest BCUT2D eigenvalue weighted by Crippen LogP contribution is 2.06. The Morgan fingerprint density at radius 3 is 2.71 bits per heavy atom. The molecule has 6 heteroatoms. The maximum Gasteiger partial charge on any atom is 0.325 e. The summed E-state index contributed by atoms with van der Waals surface area (Å²) in [5.41, 5.74) is 0. The summed E-state index contributed by atoms with van der Waals surface area (Å²) >= 11 is 0. The van der Waals surface area contributed by atoms with Crippen molar-refractivity contribution in [3.63, 3.8) is 0 Å². The molecule has 1 saturated heterocycles. The summed E-state index contributed by atoms with van der Waals surface area (Å²) in [5, 5.41) is 13.3. The van der Waals surface area contributed by atoms with Gasteiger partial charge in [0.05, 0.1) is 0 Å². The normalized spacial score (nSPS) is 22.6. The summed E-state index contributed by atoms with van der Waals surface area (Å²) in [6, 6.07) is -1.51. The zero-order valence-corrected chi connectivity index (χ0v) is 7.74. The molecule has 0 aromatic heterocycles. The molecule has 0 saturated carbocycles. The number of carbonyl (C=O) groups is 3. The van der Waals surface area contributed by atoms with Crippen LogP contribution in [0.2, 0.25) is 0 Å². The Bertz CT molecular complexity index is 277. The largest absolute Gasteiger partial charge is 0.480 e. The van der Waals surface area contributed by atoms with Gasteiger partial charge in [-0.2, -0.15) is 0 Å². The van der Waals surface area contributed by atoms with E-state index in [1.807, 2.05) is 0 Å². The Labute approximate surface area is 80.7 Å². The van der Waals surface area contributed by atoms with Crippen molar-refractivity contribution in [3.05, 3.63) is 0 Å². The van der Waals surface area contributed by atoms with Crippen molar-refractivity contribution in [2.24, 2.45) is 0 Å². The Hall–Kier alpha value is -1.59. The third-order valence-electron chi connectivity index (χ3n) is 2.04. The van der Waals surface area contributed by atoms with Crippen molar-refractivity contribution in [2.75, 3.05) is 0 Å². The van der Waals surface area contributed by atoms with Gasteiger partial charge in [0.25, 0.3) is 0 Å². The first-order chi connectivity index (χ1) is 6.50. The molecule has 78 valence electrons.